The molecule has 0 heterocycles. The van der Waals surface area contributed by atoms with Gasteiger partial charge in [-0.1, -0.05) is 460 Å². The third-order valence-electron chi connectivity index (χ3n) is 22.6. The van der Waals surface area contributed by atoms with Gasteiger partial charge in [0.25, 0.3) is 0 Å². The Morgan fingerprint density at radius 2 is 0.405 bits per heavy atom. The molecule has 0 aromatic rings. The molecule has 0 bridgehead atoms. The molecule has 5 unspecified atom stereocenters. The summed E-state index contributed by atoms with van der Waals surface area (Å²) in [6.07, 6.45) is 138. The Morgan fingerprint density at radius 3 is 0.641 bits per heavy atom. The summed E-state index contributed by atoms with van der Waals surface area (Å²) >= 11 is 0. The smallest absolute Gasteiger partial charge is 0.463 e. The molecular weight excluding hydrogens is 1680 g/mol. The van der Waals surface area contributed by atoms with Gasteiger partial charge in [0.05, 0.1) is 26.4 Å². The standard InChI is InChI=1S/C113H194O16P2/c1-4-7-10-13-16-19-22-25-28-31-34-37-40-43-45-47-49-51-53-55-57-59-61-64-66-69-72-75-78-81-84-87-90-93-96-99-111(116)123-102-108(114)103-125-130(119,120)126-104-109(115)105-127-131(121,122)128-107-110(129-113(118)101-98-95-92-89-86-83-80-77-74-71-68-63-42-39-36-33-30-27-24-21-18-15-12-9-6-3)106-124-112(117)100-97-94-91-88-85-82-79-76-73-70-67-65-62-60-58-56-54-52-50-48-46-44-41-38-35-32-29-26-23-20-17-14-11-8-5-2/h7,9-10,12,16-21,25-30,34-39,43-46,63,68,74,77,108-110,114-115H,4-6,8,11,13-15,22-24,31-33,40-42,47-62,64-67,69-73,75-76,78-107H2,1-3H3,(H,119,120)(H,121,122)/b10-7-,12-9-,19-16-,20-17-,21-18-,28-25-,29-26-,30-27-,37-34-,38-35-,39-36-,45-43-,46-44-,68-63-,77-74-. The molecule has 752 valence electrons. The van der Waals surface area contributed by atoms with Crippen molar-refractivity contribution in [2.75, 3.05) is 39.6 Å². The van der Waals surface area contributed by atoms with E-state index < -0.39 is 91.5 Å². The monoisotopic (exact) mass is 1870 g/mol. The van der Waals surface area contributed by atoms with Gasteiger partial charge in [-0.15, -0.1) is 0 Å². The van der Waals surface area contributed by atoms with Gasteiger partial charge in [0, 0.05) is 19.3 Å². The number of aliphatic hydroxyl groups excluding tert-OH is 2. The van der Waals surface area contributed by atoms with Gasteiger partial charge in [0.2, 0.25) is 0 Å². The van der Waals surface area contributed by atoms with Gasteiger partial charge in [-0.3, -0.25) is 32.5 Å². The van der Waals surface area contributed by atoms with E-state index in [1.54, 1.807) is 0 Å². The van der Waals surface area contributed by atoms with Crippen LogP contribution in [0.3, 0.4) is 0 Å². The van der Waals surface area contributed by atoms with Crippen LogP contribution in [0.15, 0.2) is 182 Å². The van der Waals surface area contributed by atoms with E-state index >= 15 is 0 Å². The molecule has 0 aliphatic carbocycles. The zero-order chi connectivity index (χ0) is 95.0. The van der Waals surface area contributed by atoms with Crippen molar-refractivity contribution < 1.29 is 75.8 Å². The van der Waals surface area contributed by atoms with Crippen molar-refractivity contribution in [3.63, 3.8) is 0 Å². The quantitative estimate of drug-likeness (QED) is 0.0146. The van der Waals surface area contributed by atoms with Gasteiger partial charge >= 0.3 is 33.6 Å². The fourth-order valence-electron chi connectivity index (χ4n) is 14.7. The number of carbonyl (C=O) groups is 3. The minimum absolute atomic E-state index is 0.0843. The maximum Gasteiger partial charge on any atom is 0.472 e. The summed E-state index contributed by atoms with van der Waals surface area (Å²) < 4.78 is 61.7. The zero-order valence-corrected chi connectivity index (χ0v) is 85.2. The van der Waals surface area contributed by atoms with Crippen LogP contribution in [0.1, 0.15) is 457 Å². The van der Waals surface area contributed by atoms with Crippen LogP contribution >= 0.6 is 15.6 Å². The van der Waals surface area contributed by atoms with E-state index in [1.165, 1.54) is 231 Å². The van der Waals surface area contributed by atoms with E-state index in [2.05, 4.69) is 203 Å². The van der Waals surface area contributed by atoms with E-state index in [9.17, 15) is 43.5 Å². The fraction of sp³-hybridized carbons (Fsp3) is 0.708. The van der Waals surface area contributed by atoms with Crippen LogP contribution in [0.25, 0.3) is 0 Å². The highest BCUT2D eigenvalue weighted by molar-refractivity contribution is 7.47. The number of ether oxygens (including phenoxy) is 3. The molecule has 16 nitrogen and oxygen atoms in total. The molecule has 0 aliphatic rings. The van der Waals surface area contributed by atoms with Crippen molar-refractivity contribution in [3.8, 4) is 0 Å². The molecule has 131 heavy (non-hydrogen) atoms. The maximum absolute atomic E-state index is 13.1. The summed E-state index contributed by atoms with van der Waals surface area (Å²) in [5, 5.41) is 20.8. The number of esters is 3. The van der Waals surface area contributed by atoms with Gasteiger partial charge in [-0.05, 0) is 161 Å². The number of hydrogen-bond donors (Lipinski definition) is 4. The molecular formula is C113H194O16P2. The predicted octanol–water partition coefficient (Wildman–Crippen LogP) is 33.9. The number of hydrogen-bond acceptors (Lipinski definition) is 14. The van der Waals surface area contributed by atoms with Crippen LogP contribution in [0, 0.1) is 0 Å². The van der Waals surface area contributed by atoms with Crippen molar-refractivity contribution in [3.05, 3.63) is 182 Å². The van der Waals surface area contributed by atoms with Gasteiger partial charge in [-0.25, -0.2) is 9.13 Å². The van der Waals surface area contributed by atoms with Crippen LogP contribution in [0.2, 0.25) is 0 Å². The highest BCUT2D eigenvalue weighted by atomic mass is 31.2. The number of aliphatic hydroxyl groups is 2. The molecule has 5 atom stereocenters. The molecule has 18 heteroatoms. The second kappa shape index (κ2) is 104. The molecule has 0 rings (SSSR count). The van der Waals surface area contributed by atoms with Crippen LogP contribution in [-0.4, -0.2) is 95.9 Å². The highest BCUT2D eigenvalue weighted by Crippen LogP contribution is 2.45. The summed E-state index contributed by atoms with van der Waals surface area (Å²) in [7, 11) is -9.83. The first-order valence-corrected chi connectivity index (χ1v) is 56.1. The number of phosphoric acid groups is 2. The van der Waals surface area contributed by atoms with Crippen molar-refractivity contribution >= 4 is 33.6 Å². The lowest BCUT2D eigenvalue weighted by atomic mass is 10.0. The van der Waals surface area contributed by atoms with Crippen molar-refractivity contribution in [1.29, 1.82) is 0 Å². The molecule has 0 aliphatic heterocycles. The molecule has 0 amide bonds. The first kappa shape index (κ1) is 126. The highest BCUT2D eigenvalue weighted by Gasteiger charge is 2.30. The third kappa shape index (κ3) is 105. The number of phosphoric ester groups is 2. The predicted molar refractivity (Wildman–Crippen MR) is 555 cm³/mol. The van der Waals surface area contributed by atoms with Crippen molar-refractivity contribution in [2.45, 2.75) is 476 Å². The van der Waals surface area contributed by atoms with Crippen molar-refractivity contribution in [1.82, 2.24) is 0 Å². The summed E-state index contributed by atoms with van der Waals surface area (Å²) in [6.45, 7) is 2.49. The lowest BCUT2D eigenvalue weighted by molar-refractivity contribution is -0.161. The fourth-order valence-corrected chi connectivity index (χ4v) is 16.2. The Kier molecular flexibility index (Phi) is 99.3. The molecule has 0 aromatic heterocycles. The Morgan fingerprint density at radius 1 is 0.221 bits per heavy atom. The summed E-state index contributed by atoms with van der Waals surface area (Å²) in [4.78, 5) is 59.2. The van der Waals surface area contributed by atoms with Gasteiger partial charge in [0.1, 0.15) is 25.4 Å². The second-order valence-corrected chi connectivity index (χ2v) is 38.2. The first-order chi connectivity index (χ1) is 64.2. The lowest BCUT2D eigenvalue weighted by Gasteiger charge is -2.21. The Labute approximate surface area is 802 Å². The third-order valence-corrected chi connectivity index (χ3v) is 24.5. The molecule has 0 saturated carbocycles. The van der Waals surface area contributed by atoms with Gasteiger partial charge in [-0.2, -0.15) is 0 Å². The van der Waals surface area contributed by atoms with E-state index in [-0.39, 0.29) is 19.3 Å². The maximum atomic E-state index is 13.1. The average molecular weight is 1870 g/mol. The largest absolute Gasteiger partial charge is 0.472 e. The minimum atomic E-state index is -4.95. The Balaban J connectivity index is 4.56. The molecule has 0 saturated heterocycles. The normalized spacial score (nSPS) is 14.3. The minimum Gasteiger partial charge on any atom is -0.463 e. The number of unbranched alkanes of at least 4 members (excludes halogenated alkanes) is 47. The SMILES string of the molecule is CC/C=C\C/C=C\C/C=C\C/C=C\C/C=C\C/C=C\CCCCCCCCC(=O)OC(COC(=O)CCCCCCCCCCCCCCCCCCCCC/C=C\C/C=C\C/C=C\C/C=C\CCCCC)COP(=O)(O)OCC(O)COP(=O)(O)OCC(O)COC(=O)CCCCCCCCCCCCCCCCCCCCC/C=C\C/C=C\C/C=C\C/C=C\C/C=C\CC. The molecule has 0 fully saturated rings. The van der Waals surface area contributed by atoms with Gasteiger partial charge in [0.15, 0.2) is 6.10 Å². The molecule has 0 spiro atoms. The lowest BCUT2D eigenvalue weighted by Crippen LogP contribution is -2.30. The second-order valence-electron chi connectivity index (χ2n) is 35.3. The van der Waals surface area contributed by atoms with Crippen LogP contribution in [0.5, 0.6) is 0 Å². The average Bonchev–Trinajstić information content (AvgIpc) is 0.896. The first-order valence-electron chi connectivity index (χ1n) is 53.1. The van der Waals surface area contributed by atoms with E-state index in [1.807, 2.05) is 0 Å². The number of allylic oxidation sites excluding steroid dienone is 30. The van der Waals surface area contributed by atoms with Crippen LogP contribution < -0.4 is 0 Å². The number of rotatable bonds is 100. The van der Waals surface area contributed by atoms with E-state index in [4.69, 9.17) is 32.3 Å². The molecule has 0 aromatic carbocycles. The number of carbonyl (C=O) groups excluding carboxylic acids is 3. The summed E-state index contributed by atoms with van der Waals surface area (Å²) in [5.41, 5.74) is 0. The van der Waals surface area contributed by atoms with Crippen LogP contribution in [-0.2, 0) is 55.8 Å². The Hall–Kier alpha value is -5.35. The van der Waals surface area contributed by atoms with Crippen molar-refractivity contribution in [2.24, 2.45) is 0 Å². The van der Waals surface area contributed by atoms with E-state index in [0.717, 1.165) is 167 Å². The van der Waals surface area contributed by atoms with E-state index in [0.29, 0.717) is 19.3 Å². The molecule has 4 N–H and O–H groups in total. The summed E-state index contributed by atoms with van der Waals surface area (Å²) in [6, 6.07) is 0. The Bertz CT molecular complexity index is 3110. The topological polar surface area (TPSA) is 231 Å². The zero-order valence-electron chi connectivity index (χ0n) is 83.5. The summed E-state index contributed by atoms with van der Waals surface area (Å²) in [5.74, 6) is -1.57. The molecule has 0 radical (unpaired) electrons. The van der Waals surface area contributed by atoms with Crippen LogP contribution in [0.4, 0.5) is 0 Å². The van der Waals surface area contributed by atoms with Gasteiger partial charge < -0.3 is 34.2 Å².